The first-order valence-corrected chi connectivity index (χ1v) is 10.4. The molecule has 0 aromatic heterocycles. The molecule has 0 radical (unpaired) electrons. The maximum absolute atomic E-state index is 14.3. The summed E-state index contributed by atoms with van der Waals surface area (Å²) in [4.78, 5) is 28.0. The van der Waals surface area contributed by atoms with Crippen LogP contribution in [0.4, 0.5) is 10.1 Å². The van der Waals surface area contributed by atoms with E-state index in [1.807, 2.05) is 0 Å². The van der Waals surface area contributed by atoms with Crippen LogP contribution in [0.5, 0.6) is 17.2 Å². The van der Waals surface area contributed by atoms with E-state index in [1.54, 1.807) is 54.6 Å². The molecule has 34 heavy (non-hydrogen) atoms. The molecule has 1 heterocycles. The van der Waals surface area contributed by atoms with Gasteiger partial charge in [-0.3, -0.25) is 14.5 Å². The van der Waals surface area contributed by atoms with E-state index in [0.717, 1.165) is 4.90 Å². The van der Waals surface area contributed by atoms with E-state index in [1.165, 1.54) is 33.5 Å². The number of nitrogens with zero attached hydrogens (tertiary/aromatic N) is 1. The SMILES string of the molecule is COc1cc(NC2=C(c3ccccc3OC)C(=O)N(Cc3ccccc3F)C2=O)cc(OC)c1. The van der Waals surface area contributed by atoms with Crippen LogP contribution in [0.1, 0.15) is 11.1 Å². The number of amides is 2. The standard InChI is InChI=1S/C26H23FN2O5/c1-32-18-12-17(13-19(14-18)33-2)28-24-23(20-9-5-7-11-22(20)34-3)25(30)29(26(24)31)15-16-8-4-6-10-21(16)27/h4-14,28H,15H2,1-3H3. The number of rotatable bonds is 8. The van der Waals surface area contributed by atoms with Crippen molar-refractivity contribution in [2.24, 2.45) is 0 Å². The molecule has 8 heteroatoms. The highest BCUT2D eigenvalue weighted by molar-refractivity contribution is 6.37. The molecule has 0 saturated heterocycles. The lowest BCUT2D eigenvalue weighted by molar-refractivity contribution is -0.137. The number of hydrogen-bond donors (Lipinski definition) is 1. The van der Waals surface area contributed by atoms with Crippen LogP contribution in [0.25, 0.3) is 5.57 Å². The minimum Gasteiger partial charge on any atom is -0.497 e. The van der Waals surface area contributed by atoms with Gasteiger partial charge in [-0.25, -0.2) is 4.39 Å². The molecule has 0 bridgehead atoms. The molecule has 174 valence electrons. The van der Waals surface area contributed by atoms with Crippen molar-refractivity contribution >= 4 is 23.1 Å². The van der Waals surface area contributed by atoms with Crippen LogP contribution in [-0.2, 0) is 16.1 Å². The van der Waals surface area contributed by atoms with Gasteiger partial charge in [0.1, 0.15) is 28.8 Å². The average molecular weight is 462 g/mol. The lowest BCUT2D eigenvalue weighted by Gasteiger charge is -2.16. The number of imide groups is 1. The maximum Gasteiger partial charge on any atom is 0.278 e. The van der Waals surface area contributed by atoms with Gasteiger partial charge in [-0.1, -0.05) is 36.4 Å². The fourth-order valence-corrected chi connectivity index (χ4v) is 3.76. The molecule has 3 aromatic carbocycles. The maximum atomic E-state index is 14.3. The number of anilines is 1. The highest BCUT2D eigenvalue weighted by Crippen LogP contribution is 2.37. The summed E-state index contributed by atoms with van der Waals surface area (Å²) in [6.45, 7) is -0.213. The van der Waals surface area contributed by atoms with Crippen molar-refractivity contribution in [3.8, 4) is 17.2 Å². The molecule has 7 nitrogen and oxygen atoms in total. The van der Waals surface area contributed by atoms with Gasteiger partial charge in [-0.2, -0.15) is 0 Å². The van der Waals surface area contributed by atoms with E-state index in [4.69, 9.17) is 14.2 Å². The second-order valence-electron chi connectivity index (χ2n) is 7.46. The Kier molecular flexibility index (Phi) is 6.49. The lowest BCUT2D eigenvalue weighted by Crippen LogP contribution is -2.32. The smallest absolute Gasteiger partial charge is 0.278 e. The Morgan fingerprint density at radius 1 is 0.824 bits per heavy atom. The Labute approximate surface area is 196 Å². The van der Waals surface area contributed by atoms with Gasteiger partial charge in [0.15, 0.2) is 0 Å². The highest BCUT2D eigenvalue weighted by Gasteiger charge is 2.40. The van der Waals surface area contributed by atoms with Crippen LogP contribution in [0.3, 0.4) is 0 Å². The molecule has 3 aromatic rings. The van der Waals surface area contributed by atoms with Crippen LogP contribution in [0.15, 0.2) is 72.4 Å². The molecule has 0 unspecified atom stereocenters. The van der Waals surface area contributed by atoms with Crippen molar-refractivity contribution in [3.63, 3.8) is 0 Å². The molecular weight excluding hydrogens is 439 g/mol. The number of benzene rings is 3. The van der Waals surface area contributed by atoms with Crippen LogP contribution in [0, 0.1) is 5.82 Å². The minimum atomic E-state index is -0.587. The number of nitrogens with one attached hydrogen (secondary N) is 1. The van der Waals surface area contributed by atoms with E-state index in [9.17, 15) is 14.0 Å². The molecule has 0 spiro atoms. The number of hydrogen-bond acceptors (Lipinski definition) is 6. The zero-order valence-corrected chi connectivity index (χ0v) is 18.9. The molecule has 2 amide bonds. The normalized spacial score (nSPS) is 13.4. The fourth-order valence-electron chi connectivity index (χ4n) is 3.76. The van der Waals surface area contributed by atoms with Crippen molar-refractivity contribution in [2.45, 2.75) is 6.54 Å². The zero-order valence-electron chi connectivity index (χ0n) is 18.9. The molecule has 0 aliphatic carbocycles. The summed E-state index contributed by atoms with van der Waals surface area (Å²) in [6, 6.07) is 18.0. The first-order chi connectivity index (χ1) is 16.5. The molecule has 0 atom stereocenters. The van der Waals surface area contributed by atoms with Crippen molar-refractivity contribution in [3.05, 3.63) is 89.4 Å². The topological polar surface area (TPSA) is 77.1 Å². The summed E-state index contributed by atoms with van der Waals surface area (Å²) < 4.78 is 30.4. The van der Waals surface area contributed by atoms with Gasteiger partial charge >= 0.3 is 0 Å². The zero-order chi connectivity index (χ0) is 24.2. The number of carbonyl (C=O) groups excluding carboxylic acids is 2. The van der Waals surface area contributed by atoms with Gasteiger partial charge in [-0.05, 0) is 12.1 Å². The van der Waals surface area contributed by atoms with Crippen LogP contribution in [0.2, 0.25) is 0 Å². The Morgan fingerprint density at radius 2 is 1.47 bits per heavy atom. The van der Waals surface area contributed by atoms with Crippen molar-refractivity contribution in [1.82, 2.24) is 4.90 Å². The number of para-hydroxylation sites is 1. The Morgan fingerprint density at radius 3 is 2.12 bits per heavy atom. The van der Waals surface area contributed by atoms with E-state index in [-0.39, 0.29) is 23.4 Å². The second kappa shape index (κ2) is 9.66. The lowest BCUT2D eigenvalue weighted by atomic mass is 10.0. The summed E-state index contributed by atoms with van der Waals surface area (Å²) in [5.41, 5.74) is 1.32. The monoisotopic (exact) mass is 462 g/mol. The van der Waals surface area contributed by atoms with E-state index in [0.29, 0.717) is 28.5 Å². The van der Waals surface area contributed by atoms with Gasteiger partial charge < -0.3 is 19.5 Å². The number of ether oxygens (including phenoxy) is 3. The summed E-state index contributed by atoms with van der Waals surface area (Å²) in [7, 11) is 4.51. The van der Waals surface area contributed by atoms with Gasteiger partial charge in [0.05, 0.1) is 33.4 Å². The third-order valence-corrected chi connectivity index (χ3v) is 5.45. The second-order valence-corrected chi connectivity index (χ2v) is 7.46. The van der Waals surface area contributed by atoms with Crippen LogP contribution >= 0.6 is 0 Å². The number of carbonyl (C=O) groups is 2. The molecule has 1 aliphatic heterocycles. The predicted molar refractivity (Wildman–Crippen MR) is 125 cm³/mol. The Hall–Kier alpha value is -4.33. The van der Waals surface area contributed by atoms with E-state index in [2.05, 4.69) is 5.32 Å². The van der Waals surface area contributed by atoms with Gasteiger partial charge in [0, 0.05) is 35.0 Å². The summed E-state index contributed by atoms with van der Waals surface area (Å²) in [5.74, 6) is -0.219. The Bertz CT molecular complexity index is 1270. The molecule has 1 aliphatic rings. The van der Waals surface area contributed by atoms with Crippen LogP contribution in [-0.4, -0.2) is 38.0 Å². The minimum absolute atomic E-state index is 0.0427. The molecule has 1 N–H and O–H groups in total. The fraction of sp³-hybridized carbons (Fsp3) is 0.154. The first-order valence-electron chi connectivity index (χ1n) is 10.4. The average Bonchev–Trinajstić information content (AvgIpc) is 3.08. The quantitative estimate of drug-likeness (QED) is 0.505. The largest absolute Gasteiger partial charge is 0.497 e. The molecule has 0 saturated carbocycles. The van der Waals surface area contributed by atoms with Gasteiger partial charge in [0.25, 0.3) is 11.8 Å². The highest BCUT2D eigenvalue weighted by atomic mass is 19.1. The van der Waals surface area contributed by atoms with Crippen LogP contribution < -0.4 is 19.5 Å². The third kappa shape index (κ3) is 4.30. The Balaban J connectivity index is 1.81. The van der Waals surface area contributed by atoms with E-state index >= 15 is 0 Å². The van der Waals surface area contributed by atoms with E-state index < -0.39 is 17.6 Å². The van der Waals surface area contributed by atoms with Gasteiger partial charge in [0.2, 0.25) is 0 Å². The summed E-state index contributed by atoms with van der Waals surface area (Å²) >= 11 is 0. The number of halogens is 1. The summed E-state index contributed by atoms with van der Waals surface area (Å²) in [6.07, 6.45) is 0. The van der Waals surface area contributed by atoms with Crippen molar-refractivity contribution < 1.29 is 28.2 Å². The molecule has 4 rings (SSSR count). The summed E-state index contributed by atoms with van der Waals surface area (Å²) in [5, 5.41) is 3.06. The molecular formula is C26H23FN2O5. The number of methoxy groups -OCH3 is 3. The third-order valence-electron chi connectivity index (χ3n) is 5.45. The molecule has 0 fully saturated rings. The van der Waals surface area contributed by atoms with Gasteiger partial charge in [-0.15, -0.1) is 0 Å². The van der Waals surface area contributed by atoms with Crippen molar-refractivity contribution in [1.29, 1.82) is 0 Å². The van der Waals surface area contributed by atoms with Crippen molar-refractivity contribution in [2.75, 3.05) is 26.6 Å². The predicted octanol–water partition coefficient (Wildman–Crippen LogP) is 4.24. The first kappa shape index (κ1) is 22.8.